The van der Waals surface area contributed by atoms with Crippen LogP contribution in [0.4, 0.5) is 0 Å². The minimum Gasteiger partial charge on any atom is -0.365 e. The summed E-state index contributed by atoms with van der Waals surface area (Å²) in [6.45, 7) is 5.94. The molecule has 0 aliphatic carbocycles. The van der Waals surface area contributed by atoms with Crippen molar-refractivity contribution in [1.82, 2.24) is 14.9 Å². The van der Waals surface area contributed by atoms with Crippen LogP contribution < -0.4 is 0 Å². The average Bonchev–Trinajstić information content (AvgIpc) is 2.93. The molecular formula is C13H19N3O2. The molecule has 0 aromatic carbocycles. The van der Waals surface area contributed by atoms with E-state index in [4.69, 9.17) is 4.74 Å². The lowest BCUT2D eigenvalue weighted by Crippen LogP contribution is -2.48. The van der Waals surface area contributed by atoms with E-state index in [9.17, 15) is 4.79 Å². The number of H-pyrrole nitrogens is 1. The Morgan fingerprint density at radius 1 is 1.56 bits per heavy atom. The predicted octanol–water partition coefficient (Wildman–Crippen LogP) is 1.17. The molecule has 0 radical (unpaired) electrons. The van der Waals surface area contributed by atoms with Gasteiger partial charge in [-0.1, -0.05) is 0 Å². The third-order valence-electron chi connectivity index (χ3n) is 3.91. The van der Waals surface area contributed by atoms with E-state index >= 15 is 0 Å². The number of carbonyl (C=O) groups is 1. The number of fused-ring (bicyclic) bond motifs is 1. The molecule has 2 aliphatic rings. The standard InChI is InChI=1S/C13H19N3O2/c1-9-14-10-4-6-16(8-11(10)15-9)12(17)13(2)5-3-7-18-13/h3-8H2,1-2H3,(H,14,15)/t13-/m1/s1. The maximum atomic E-state index is 12.5. The number of rotatable bonds is 1. The Balaban J connectivity index is 1.77. The molecule has 1 amide bonds. The molecule has 3 rings (SSSR count). The first kappa shape index (κ1) is 11.7. The molecule has 1 aromatic heterocycles. The summed E-state index contributed by atoms with van der Waals surface area (Å²) in [5.74, 6) is 1.05. The highest BCUT2D eigenvalue weighted by atomic mass is 16.5. The maximum absolute atomic E-state index is 12.5. The summed E-state index contributed by atoms with van der Waals surface area (Å²) in [5.41, 5.74) is 1.58. The van der Waals surface area contributed by atoms with Gasteiger partial charge in [-0.15, -0.1) is 0 Å². The highest BCUT2D eigenvalue weighted by molar-refractivity contribution is 5.85. The summed E-state index contributed by atoms with van der Waals surface area (Å²) < 4.78 is 5.63. The first-order valence-electron chi connectivity index (χ1n) is 6.56. The van der Waals surface area contributed by atoms with Crippen LogP contribution in [0.15, 0.2) is 0 Å². The molecule has 0 spiro atoms. The van der Waals surface area contributed by atoms with Gasteiger partial charge < -0.3 is 14.6 Å². The first-order valence-corrected chi connectivity index (χ1v) is 6.56. The summed E-state index contributed by atoms with van der Waals surface area (Å²) in [4.78, 5) is 22.1. The Bertz CT molecular complexity index is 475. The highest BCUT2D eigenvalue weighted by Gasteiger charge is 2.41. The lowest BCUT2D eigenvalue weighted by molar-refractivity contribution is -0.152. The zero-order valence-electron chi connectivity index (χ0n) is 11.0. The molecule has 18 heavy (non-hydrogen) atoms. The molecule has 5 nitrogen and oxygen atoms in total. The van der Waals surface area contributed by atoms with Crippen LogP contribution in [0.25, 0.3) is 0 Å². The summed E-state index contributed by atoms with van der Waals surface area (Å²) in [6.07, 6.45) is 2.64. The monoisotopic (exact) mass is 249 g/mol. The van der Waals surface area contributed by atoms with Crippen molar-refractivity contribution >= 4 is 5.91 Å². The second kappa shape index (κ2) is 4.09. The van der Waals surface area contributed by atoms with Gasteiger partial charge in [0.1, 0.15) is 11.4 Å². The summed E-state index contributed by atoms with van der Waals surface area (Å²) in [7, 11) is 0. The van der Waals surface area contributed by atoms with E-state index in [1.807, 2.05) is 18.7 Å². The minimum atomic E-state index is -0.605. The molecule has 1 fully saturated rings. The molecule has 1 N–H and O–H groups in total. The van der Waals surface area contributed by atoms with Crippen LogP contribution in [0.5, 0.6) is 0 Å². The topological polar surface area (TPSA) is 58.2 Å². The zero-order valence-corrected chi connectivity index (χ0v) is 11.0. The Morgan fingerprint density at radius 3 is 3.11 bits per heavy atom. The van der Waals surface area contributed by atoms with Gasteiger partial charge in [0.05, 0.1) is 17.9 Å². The Labute approximate surface area is 107 Å². The van der Waals surface area contributed by atoms with Crippen LogP contribution in [-0.2, 0) is 22.5 Å². The Morgan fingerprint density at radius 2 is 2.39 bits per heavy atom. The van der Waals surface area contributed by atoms with Crippen molar-refractivity contribution in [2.75, 3.05) is 13.2 Å². The smallest absolute Gasteiger partial charge is 0.254 e. The number of nitrogens with zero attached hydrogens (tertiary/aromatic N) is 2. The summed E-state index contributed by atoms with van der Waals surface area (Å²) in [5, 5.41) is 0. The van der Waals surface area contributed by atoms with Gasteiger partial charge in [-0.3, -0.25) is 4.79 Å². The van der Waals surface area contributed by atoms with Crippen LogP contribution in [0, 0.1) is 6.92 Å². The fourth-order valence-electron chi connectivity index (χ4n) is 2.89. The molecule has 1 aromatic rings. The van der Waals surface area contributed by atoms with Gasteiger partial charge in [0, 0.05) is 19.6 Å². The third kappa shape index (κ3) is 1.82. The lowest BCUT2D eigenvalue weighted by Gasteiger charge is -2.33. The van der Waals surface area contributed by atoms with Crippen LogP contribution >= 0.6 is 0 Å². The van der Waals surface area contributed by atoms with Crippen LogP contribution in [0.2, 0.25) is 0 Å². The first-order chi connectivity index (χ1) is 8.58. The van der Waals surface area contributed by atoms with E-state index in [-0.39, 0.29) is 5.91 Å². The van der Waals surface area contributed by atoms with Crippen molar-refractivity contribution in [3.63, 3.8) is 0 Å². The number of imidazole rings is 1. The molecular weight excluding hydrogens is 230 g/mol. The molecule has 0 unspecified atom stereocenters. The molecule has 5 heteroatoms. The number of aryl methyl sites for hydroxylation is 1. The predicted molar refractivity (Wildman–Crippen MR) is 66.0 cm³/mol. The molecule has 1 atom stereocenters. The van der Waals surface area contributed by atoms with E-state index in [2.05, 4.69) is 9.97 Å². The number of nitrogens with one attached hydrogen (secondary N) is 1. The Hall–Kier alpha value is -1.36. The highest BCUT2D eigenvalue weighted by Crippen LogP contribution is 2.29. The van der Waals surface area contributed by atoms with E-state index in [1.54, 1.807) is 0 Å². The normalized spacial score (nSPS) is 27.3. The lowest BCUT2D eigenvalue weighted by atomic mass is 9.99. The molecule has 1 saturated heterocycles. The fourth-order valence-corrected chi connectivity index (χ4v) is 2.89. The van der Waals surface area contributed by atoms with Gasteiger partial charge >= 0.3 is 0 Å². The molecule has 98 valence electrons. The van der Waals surface area contributed by atoms with Crippen molar-refractivity contribution in [1.29, 1.82) is 0 Å². The third-order valence-corrected chi connectivity index (χ3v) is 3.91. The van der Waals surface area contributed by atoms with Gasteiger partial charge in [-0.2, -0.15) is 0 Å². The van der Waals surface area contributed by atoms with E-state index in [0.717, 1.165) is 43.0 Å². The summed E-state index contributed by atoms with van der Waals surface area (Å²) in [6, 6.07) is 0. The van der Waals surface area contributed by atoms with Gasteiger partial charge in [0.15, 0.2) is 0 Å². The van der Waals surface area contributed by atoms with Crippen molar-refractivity contribution in [2.24, 2.45) is 0 Å². The largest absolute Gasteiger partial charge is 0.365 e. The van der Waals surface area contributed by atoms with E-state index in [1.165, 1.54) is 0 Å². The van der Waals surface area contributed by atoms with Crippen molar-refractivity contribution in [3.8, 4) is 0 Å². The number of carbonyl (C=O) groups excluding carboxylic acids is 1. The SMILES string of the molecule is Cc1nc2c([nH]1)CN(C(=O)[C@@]1(C)CCCO1)CC2. The average molecular weight is 249 g/mol. The van der Waals surface area contributed by atoms with Gasteiger partial charge in [0.2, 0.25) is 0 Å². The second-order valence-corrected chi connectivity index (χ2v) is 5.41. The quantitative estimate of drug-likeness (QED) is 0.813. The van der Waals surface area contributed by atoms with Crippen molar-refractivity contribution < 1.29 is 9.53 Å². The number of hydrogen-bond acceptors (Lipinski definition) is 3. The number of ether oxygens (including phenoxy) is 1. The van der Waals surface area contributed by atoms with Gasteiger partial charge in [-0.05, 0) is 26.7 Å². The van der Waals surface area contributed by atoms with Gasteiger partial charge in [0.25, 0.3) is 5.91 Å². The minimum absolute atomic E-state index is 0.123. The number of amides is 1. The zero-order chi connectivity index (χ0) is 12.8. The van der Waals surface area contributed by atoms with Crippen molar-refractivity contribution in [2.45, 2.75) is 45.3 Å². The fraction of sp³-hybridized carbons (Fsp3) is 0.692. The van der Waals surface area contributed by atoms with Crippen LogP contribution in [0.3, 0.4) is 0 Å². The van der Waals surface area contributed by atoms with Crippen LogP contribution in [0.1, 0.15) is 37.0 Å². The van der Waals surface area contributed by atoms with Gasteiger partial charge in [-0.25, -0.2) is 4.98 Å². The molecule has 3 heterocycles. The number of hydrogen-bond donors (Lipinski definition) is 1. The second-order valence-electron chi connectivity index (χ2n) is 5.41. The van der Waals surface area contributed by atoms with Crippen LogP contribution in [-0.4, -0.2) is 39.5 Å². The number of aromatic amines is 1. The molecule has 0 saturated carbocycles. The van der Waals surface area contributed by atoms with E-state index < -0.39 is 5.60 Å². The Kier molecular flexibility index (Phi) is 2.66. The van der Waals surface area contributed by atoms with E-state index in [0.29, 0.717) is 13.2 Å². The number of aromatic nitrogens is 2. The maximum Gasteiger partial charge on any atom is 0.254 e. The summed E-state index contributed by atoms with van der Waals surface area (Å²) >= 11 is 0. The van der Waals surface area contributed by atoms with Crippen molar-refractivity contribution in [3.05, 3.63) is 17.2 Å². The molecule has 0 bridgehead atoms. The molecule has 2 aliphatic heterocycles.